The maximum Gasteiger partial charge on any atom is 0.308 e. The molecule has 1 aliphatic rings. The van der Waals surface area contributed by atoms with Crippen molar-refractivity contribution in [1.82, 2.24) is 4.90 Å². The highest BCUT2D eigenvalue weighted by Crippen LogP contribution is 2.24. The number of benzene rings is 2. The van der Waals surface area contributed by atoms with Gasteiger partial charge in [0.1, 0.15) is 0 Å². The molecule has 2 aromatic carbocycles. The first kappa shape index (κ1) is 21.9. The van der Waals surface area contributed by atoms with Crippen LogP contribution in [0.2, 0.25) is 0 Å². The number of imide groups is 1. The van der Waals surface area contributed by atoms with E-state index in [1.54, 1.807) is 42.5 Å². The predicted octanol–water partition coefficient (Wildman–Crippen LogP) is 2.75. The van der Waals surface area contributed by atoms with E-state index in [1.807, 2.05) is 6.92 Å². The topological polar surface area (TPSA) is 110 Å². The molecule has 0 saturated heterocycles. The second-order valence-corrected chi connectivity index (χ2v) is 7.32. The number of anilines is 1. The minimum atomic E-state index is -1.08. The summed E-state index contributed by atoms with van der Waals surface area (Å²) in [6.07, 6.45) is -1.31. The molecule has 1 heterocycles. The molecule has 8 heteroatoms. The molecule has 0 aromatic heterocycles. The Balaban J connectivity index is 1.51. The van der Waals surface area contributed by atoms with Crippen molar-refractivity contribution in [2.75, 3.05) is 11.9 Å². The molecule has 1 N–H and O–H groups in total. The van der Waals surface area contributed by atoms with Gasteiger partial charge in [0, 0.05) is 17.8 Å². The number of amides is 3. The maximum absolute atomic E-state index is 12.4. The summed E-state index contributed by atoms with van der Waals surface area (Å²) in [5.74, 6) is -2.24. The zero-order chi connectivity index (χ0) is 22.7. The van der Waals surface area contributed by atoms with Gasteiger partial charge in [-0.25, -0.2) is 0 Å². The number of hydrogen-bond donors (Lipinski definition) is 1. The zero-order valence-corrected chi connectivity index (χ0v) is 17.4. The van der Waals surface area contributed by atoms with Gasteiger partial charge in [-0.15, -0.1) is 0 Å². The molecular formula is C23H22N2O6. The number of nitrogens with zero attached hydrogens (tertiary/aromatic N) is 1. The van der Waals surface area contributed by atoms with Gasteiger partial charge in [0.05, 0.1) is 17.5 Å². The Labute approximate surface area is 179 Å². The van der Waals surface area contributed by atoms with Crippen molar-refractivity contribution < 1.29 is 28.7 Å². The van der Waals surface area contributed by atoms with Crippen molar-refractivity contribution in [3.05, 3.63) is 64.7 Å². The van der Waals surface area contributed by atoms with Crippen molar-refractivity contribution in [3.63, 3.8) is 0 Å². The third-order valence-electron chi connectivity index (χ3n) is 4.90. The highest BCUT2D eigenvalue weighted by molar-refractivity contribution is 6.21. The molecule has 0 radical (unpaired) electrons. The first-order chi connectivity index (χ1) is 14.7. The fourth-order valence-electron chi connectivity index (χ4n) is 3.15. The van der Waals surface area contributed by atoms with Crippen molar-refractivity contribution in [2.24, 2.45) is 0 Å². The third-order valence-corrected chi connectivity index (χ3v) is 4.90. The number of Topliss-reactive ketones (excluding diaryl/α,β-unsaturated/α-hetero) is 1. The predicted molar refractivity (Wildman–Crippen MR) is 112 cm³/mol. The van der Waals surface area contributed by atoms with Gasteiger partial charge in [-0.3, -0.25) is 28.9 Å². The number of ether oxygens (including phenoxy) is 1. The van der Waals surface area contributed by atoms with Crippen LogP contribution in [0.15, 0.2) is 42.5 Å². The van der Waals surface area contributed by atoms with Crippen LogP contribution in [0.25, 0.3) is 0 Å². The summed E-state index contributed by atoms with van der Waals surface area (Å²) in [5, 5.41) is 2.60. The van der Waals surface area contributed by atoms with Gasteiger partial charge < -0.3 is 10.1 Å². The lowest BCUT2D eigenvalue weighted by Crippen LogP contribution is -2.34. The number of hydrogen-bond acceptors (Lipinski definition) is 6. The normalized spacial score (nSPS) is 13.6. The summed E-state index contributed by atoms with van der Waals surface area (Å²) in [6, 6.07) is 11.3. The lowest BCUT2D eigenvalue weighted by Gasteiger charge is -2.16. The summed E-state index contributed by atoms with van der Waals surface area (Å²) in [5.41, 5.74) is 2.46. The highest BCUT2D eigenvalue weighted by atomic mass is 16.5. The summed E-state index contributed by atoms with van der Waals surface area (Å²) < 4.78 is 5.12. The third kappa shape index (κ3) is 4.85. The molecule has 31 heavy (non-hydrogen) atoms. The van der Waals surface area contributed by atoms with Gasteiger partial charge in [0.15, 0.2) is 11.9 Å². The Hall–Kier alpha value is -3.81. The minimum absolute atomic E-state index is 0.0895. The molecule has 3 rings (SSSR count). The molecule has 0 spiro atoms. The van der Waals surface area contributed by atoms with Gasteiger partial charge >= 0.3 is 5.97 Å². The van der Waals surface area contributed by atoms with Crippen LogP contribution in [0, 0.1) is 6.92 Å². The molecule has 1 unspecified atom stereocenters. The molecule has 8 nitrogen and oxygen atoms in total. The van der Waals surface area contributed by atoms with E-state index in [2.05, 4.69) is 5.32 Å². The number of fused-ring (bicyclic) bond motifs is 1. The molecule has 1 atom stereocenters. The van der Waals surface area contributed by atoms with E-state index in [0.29, 0.717) is 22.4 Å². The first-order valence-electron chi connectivity index (χ1n) is 9.75. The summed E-state index contributed by atoms with van der Waals surface area (Å²) in [7, 11) is 0. The standard InChI is InChI=1S/C23H22N2O6/c1-13-4-9-18-19(12-13)23(30)25(22(18)29)11-10-20(27)31-15(3)21(28)24-17-7-5-16(6-8-17)14(2)26/h4-9,12,15H,10-11H2,1-3H3,(H,24,28). The number of nitrogens with one attached hydrogen (secondary N) is 1. The Morgan fingerprint density at radius 2 is 1.65 bits per heavy atom. The maximum atomic E-state index is 12.4. The lowest BCUT2D eigenvalue weighted by molar-refractivity contribution is -0.153. The molecule has 0 saturated carbocycles. The molecule has 2 aromatic rings. The highest BCUT2D eigenvalue weighted by Gasteiger charge is 2.35. The molecule has 3 amide bonds. The van der Waals surface area contributed by atoms with Crippen molar-refractivity contribution in [1.29, 1.82) is 0 Å². The van der Waals surface area contributed by atoms with Gasteiger partial charge in [0.25, 0.3) is 17.7 Å². The van der Waals surface area contributed by atoms with E-state index < -0.39 is 29.8 Å². The number of carbonyl (C=O) groups excluding carboxylic acids is 5. The monoisotopic (exact) mass is 422 g/mol. The zero-order valence-electron chi connectivity index (χ0n) is 17.4. The van der Waals surface area contributed by atoms with Crippen LogP contribution in [0.3, 0.4) is 0 Å². The smallest absolute Gasteiger partial charge is 0.308 e. The Kier molecular flexibility index (Phi) is 6.29. The molecule has 160 valence electrons. The lowest BCUT2D eigenvalue weighted by atomic mass is 10.1. The minimum Gasteiger partial charge on any atom is -0.452 e. The fraction of sp³-hybridized carbons (Fsp3) is 0.261. The number of carbonyl (C=O) groups is 5. The van der Waals surface area contributed by atoms with Crippen LogP contribution < -0.4 is 5.32 Å². The summed E-state index contributed by atoms with van der Waals surface area (Å²) >= 11 is 0. The molecule has 0 bridgehead atoms. The van der Waals surface area contributed by atoms with Gasteiger partial charge in [-0.05, 0) is 57.2 Å². The van der Waals surface area contributed by atoms with E-state index in [4.69, 9.17) is 4.74 Å². The number of ketones is 1. The summed E-state index contributed by atoms with van der Waals surface area (Å²) in [6.45, 7) is 4.55. The van der Waals surface area contributed by atoms with Crippen LogP contribution >= 0.6 is 0 Å². The Morgan fingerprint density at radius 3 is 2.29 bits per heavy atom. The molecule has 1 aliphatic heterocycles. The number of rotatable bonds is 7. The largest absolute Gasteiger partial charge is 0.452 e. The Morgan fingerprint density at radius 1 is 1.00 bits per heavy atom. The van der Waals surface area contributed by atoms with Crippen molar-refractivity contribution >= 4 is 35.2 Å². The van der Waals surface area contributed by atoms with Gasteiger partial charge in [-0.1, -0.05) is 11.6 Å². The second kappa shape index (κ2) is 8.91. The van der Waals surface area contributed by atoms with Crippen LogP contribution in [0.5, 0.6) is 0 Å². The van der Waals surface area contributed by atoms with E-state index in [0.717, 1.165) is 10.5 Å². The second-order valence-electron chi connectivity index (χ2n) is 7.32. The van der Waals surface area contributed by atoms with Crippen molar-refractivity contribution in [3.8, 4) is 0 Å². The van der Waals surface area contributed by atoms with Crippen LogP contribution in [-0.2, 0) is 14.3 Å². The van der Waals surface area contributed by atoms with Crippen molar-refractivity contribution in [2.45, 2.75) is 33.3 Å². The SMILES string of the molecule is CC(=O)c1ccc(NC(=O)C(C)OC(=O)CCN2C(=O)c3ccc(C)cc3C2=O)cc1. The first-order valence-corrected chi connectivity index (χ1v) is 9.75. The fourth-order valence-corrected chi connectivity index (χ4v) is 3.15. The van der Waals surface area contributed by atoms with Crippen LogP contribution in [0.1, 0.15) is 56.9 Å². The van der Waals surface area contributed by atoms with E-state index in [1.165, 1.54) is 13.8 Å². The number of aryl methyl sites for hydroxylation is 1. The van der Waals surface area contributed by atoms with E-state index in [-0.39, 0.29) is 18.7 Å². The van der Waals surface area contributed by atoms with E-state index >= 15 is 0 Å². The van der Waals surface area contributed by atoms with Gasteiger partial charge in [0.2, 0.25) is 0 Å². The molecule has 0 aliphatic carbocycles. The van der Waals surface area contributed by atoms with Gasteiger partial charge in [-0.2, -0.15) is 0 Å². The average Bonchev–Trinajstić information content (AvgIpc) is 2.96. The Bertz CT molecular complexity index is 1070. The summed E-state index contributed by atoms with van der Waals surface area (Å²) in [4.78, 5) is 61.5. The average molecular weight is 422 g/mol. The molecule has 0 fully saturated rings. The van der Waals surface area contributed by atoms with Crippen LogP contribution in [0.4, 0.5) is 5.69 Å². The van der Waals surface area contributed by atoms with E-state index in [9.17, 15) is 24.0 Å². The number of esters is 1. The van der Waals surface area contributed by atoms with Crippen LogP contribution in [-0.4, -0.2) is 47.0 Å². The quantitative estimate of drug-likeness (QED) is 0.417. The molecular weight excluding hydrogens is 400 g/mol.